The molecule has 0 aliphatic carbocycles. The molecule has 1 unspecified atom stereocenters. The van der Waals surface area contributed by atoms with Crippen molar-refractivity contribution in [2.75, 3.05) is 25.0 Å². The van der Waals surface area contributed by atoms with Crippen molar-refractivity contribution in [3.05, 3.63) is 48.1 Å². The summed E-state index contributed by atoms with van der Waals surface area (Å²) < 4.78 is 5.73. The average molecular weight is 376 g/mol. The third-order valence-electron chi connectivity index (χ3n) is 4.72. The van der Waals surface area contributed by atoms with Crippen molar-refractivity contribution in [3.8, 4) is 6.07 Å². The highest BCUT2D eigenvalue weighted by molar-refractivity contribution is 5.78. The molecule has 1 amide bonds. The Hall–Kier alpha value is -3.47. The lowest BCUT2D eigenvalue weighted by molar-refractivity contribution is -0.127. The predicted molar refractivity (Wildman–Crippen MR) is 102 cm³/mol. The van der Waals surface area contributed by atoms with Gasteiger partial charge in [-0.2, -0.15) is 5.26 Å². The molecule has 1 atom stereocenters. The summed E-state index contributed by atoms with van der Waals surface area (Å²) in [4.78, 5) is 26.6. The third kappa shape index (κ3) is 3.78. The fourth-order valence-electron chi connectivity index (χ4n) is 3.29. The van der Waals surface area contributed by atoms with Gasteiger partial charge in [-0.1, -0.05) is 12.1 Å². The number of nitrogens with one attached hydrogen (secondary N) is 1. The lowest BCUT2D eigenvalue weighted by Crippen LogP contribution is -2.27. The minimum atomic E-state index is -0.710. The molecule has 1 fully saturated rings. The molecule has 3 aromatic rings. The first-order chi connectivity index (χ1) is 13.7. The van der Waals surface area contributed by atoms with Crippen molar-refractivity contribution < 1.29 is 9.21 Å². The second-order valence-corrected chi connectivity index (χ2v) is 6.65. The Morgan fingerprint density at radius 1 is 1.29 bits per heavy atom. The molecule has 8 nitrogen and oxygen atoms in total. The Morgan fingerprint density at radius 2 is 2.18 bits per heavy atom. The lowest BCUT2D eigenvalue weighted by Gasteiger charge is -2.15. The Morgan fingerprint density at radius 3 is 2.96 bits per heavy atom. The quantitative estimate of drug-likeness (QED) is 0.632. The number of hydrogen-bond acceptors (Lipinski definition) is 7. The van der Waals surface area contributed by atoms with Crippen LogP contribution in [0.15, 0.2) is 40.9 Å². The molecule has 1 saturated heterocycles. The number of rotatable bonds is 7. The molecule has 0 saturated carbocycles. The van der Waals surface area contributed by atoms with Crippen molar-refractivity contribution in [3.63, 3.8) is 0 Å². The van der Waals surface area contributed by atoms with Crippen molar-refractivity contribution in [2.45, 2.75) is 25.2 Å². The number of anilines is 1. The van der Waals surface area contributed by atoms with Gasteiger partial charge in [-0.3, -0.25) is 4.79 Å². The zero-order chi connectivity index (χ0) is 19.3. The van der Waals surface area contributed by atoms with Crippen LogP contribution < -0.4 is 5.32 Å². The number of benzene rings is 1. The van der Waals surface area contributed by atoms with Crippen LogP contribution in [-0.2, 0) is 4.79 Å². The van der Waals surface area contributed by atoms with Gasteiger partial charge in [-0.15, -0.1) is 0 Å². The maximum absolute atomic E-state index is 11.6. The second-order valence-electron chi connectivity index (χ2n) is 6.65. The van der Waals surface area contributed by atoms with E-state index >= 15 is 0 Å². The van der Waals surface area contributed by atoms with Crippen LogP contribution in [-0.4, -0.2) is 45.4 Å². The van der Waals surface area contributed by atoms with Crippen molar-refractivity contribution in [2.24, 2.45) is 0 Å². The van der Waals surface area contributed by atoms with E-state index in [2.05, 4.69) is 26.3 Å². The molecule has 0 spiro atoms. The van der Waals surface area contributed by atoms with Crippen LogP contribution in [0.25, 0.3) is 11.1 Å². The number of nitriles is 1. The largest absolute Gasteiger partial charge is 0.439 e. The number of aromatic nitrogens is 3. The normalized spacial score (nSPS) is 15.0. The first kappa shape index (κ1) is 17.9. The van der Waals surface area contributed by atoms with Crippen LogP contribution in [0.3, 0.4) is 0 Å². The zero-order valence-electron chi connectivity index (χ0n) is 15.3. The topological polar surface area (TPSA) is 108 Å². The van der Waals surface area contributed by atoms with E-state index in [-0.39, 0.29) is 5.91 Å². The number of hydrogen-bond donors (Lipinski definition) is 1. The summed E-state index contributed by atoms with van der Waals surface area (Å²) in [6.07, 6.45) is 4.03. The van der Waals surface area contributed by atoms with Gasteiger partial charge < -0.3 is 14.6 Å². The van der Waals surface area contributed by atoms with E-state index in [4.69, 9.17) is 4.42 Å². The molecule has 3 heterocycles. The third-order valence-corrected chi connectivity index (χ3v) is 4.72. The summed E-state index contributed by atoms with van der Waals surface area (Å²) >= 11 is 0. The fraction of sp³-hybridized carbons (Fsp3) is 0.350. The highest BCUT2D eigenvalue weighted by Crippen LogP contribution is 2.26. The molecule has 1 aliphatic heterocycles. The summed E-state index contributed by atoms with van der Waals surface area (Å²) in [7, 11) is 0. The molecule has 1 aromatic carbocycles. The van der Waals surface area contributed by atoms with Gasteiger partial charge in [-0.25, -0.2) is 15.0 Å². The molecule has 2 aromatic heterocycles. The molecule has 0 bridgehead atoms. The van der Waals surface area contributed by atoms with Crippen molar-refractivity contribution in [1.82, 2.24) is 19.9 Å². The SMILES string of the molecule is N#CC(c1ccnc(NCCCN2CCCC2=O)n1)c1nc2ccccc2o1. The smallest absolute Gasteiger partial charge is 0.222 e. The van der Waals surface area contributed by atoms with Gasteiger partial charge in [0.1, 0.15) is 5.52 Å². The summed E-state index contributed by atoms with van der Waals surface area (Å²) in [5.74, 6) is 0.286. The summed E-state index contributed by atoms with van der Waals surface area (Å²) in [5.41, 5.74) is 1.88. The Labute approximate surface area is 162 Å². The number of oxazole rings is 1. The number of nitrogens with zero attached hydrogens (tertiary/aromatic N) is 5. The number of carbonyl (C=O) groups excluding carboxylic acids is 1. The highest BCUT2D eigenvalue weighted by atomic mass is 16.3. The maximum atomic E-state index is 11.6. The van der Waals surface area contributed by atoms with E-state index in [1.54, 1.807) is 12.3 Å². The molecule has 1 N–H and O–H groups in total. The molecule has 0 radical (unpaired) electrons. The number of likely N-dealkylation sites (tertiary alicyclic amines) is 1. The van der Waals surface area contributed by atoms with Crippen molar-refractivity contribution >= 4 is 23.0 Å². The lowest BCUT2D eigenvalue weighted by atomic mass is 10.1. The van der Waals surface area contributed by atoms with Crippen LogP contribution in [0.2, 0.25) is 0 Å². The van der Waals surface area contributed by atoms with E-state index in [1.165, 1.54) is 0 Å². The van der Waals surface area contributed by atoms with Crippen LogP contribution >= 0.6 is 0 Å². The predicted octanol–water partition coefficient (Wildman–Crippen LogP) is 2.70. The molecule has 28 heavy (non-hydrogen) atoms. The van der Waals surface area contributed by atoms with Gasteiger partial charge in [0.25, 0.3) is 0 Å². The Bertz CT molecular complexity index is 992. The fourth-order valence-corrected chi connectivity index (χ4v) is 3.29. The molecule has 4 rings (SSSR count). The average Bonchev–Trinajstić information content (AvgIpc) is 3.32. The molecular weight excluding hydrogens is 356 g/mol. The molecule has 142 valence electrons. The number of carbonyl (C=O) groups is 1. The number of para-hydroxylation sites is 2. The summed E-state index contributed by atoms with van der Waals surface area (Å²) in [6, 6.07) is 11.3. The van der Waals surface area contributed by atoms with Gasteiger partial charge in [0.15, 0.2) is 11.5 Å². The van der Waals surface area contributed by atoms with Crippen LogP contribution in [0, 0.1) is 11.3 Å². The molecular formula is C20H20N6O2. The first-order valence-corrected chi connectivity index (χ1v) is 9.34. The minimum Gasteiger partial charge on any atom is -0.439 e. The minimum absolute atomic E-state index is 0.230. The van der Waals surface area contributed by atoms with E-state index in [0.29, 0.717) is 41.6 Å². The number of amides is 1. The summed E-state index contributed by atoms with van der Waals surface area (Å²) in [6.45, 7) is 2.22. The number of fused-ring (bicyclic) bond motifs is 1. The van der Waals surface area contributed by atoms with E-state index in [1.807, 2.05) is 29.2 Å². The van der Waals surface area contributed by atoms with Gasteiger partial charge >= 0.3 is 0 Å². The maximum Gasteiger partial charge on any atom is 0.222 e. The Kier molecular flexibility index (Phi) is 5.15. The first-order valence-electron chi connectivity index (χ1n) is 9.34. The standard InChI is InChI=1S/C20H20N6O2/c21-13-14(19-24-16-5-1-2-6-17(16)28-19)15-8-10-23-20(25-15)22-9-4-12-26-11-3-7-18(26)27/h1-2,5-6,8,10,14H,3-4,7,9,11-12H2,(H,22,23,25). The second kappa shape index (κ2) is 8.05. The van der Waals surface area contributed by atoms with Crippen molar-refractivity contribution in [1.29, 1.82) is 5.26 Å². The van der Waals surface area contributed by atoms with Crippen LogP contribution in [0.5, 0.6) is 0 Å². The monoisotopic (exact) mass is 376 g/mol. The van der Waals surface area contributed by atoms with Gasteiger partial charge in [0.05, 0.1) is 11.8 Å². The van der Waals surface area contributed by atoms with Gasteiger partial charge in [0.2, 0.25) is 17.7 Å². The van der Waals surface area contributed by atoms with Crippen LogP contribution in [0.4, 0.5) is 5.95 Å². The molecule has 1 aliphatic rings. The zero-order valence-corrected chi connectivity index (χ0v) is 15.3. The summed E-state index contributed by atoms with van der Waals surface area (Å²) in [5, 5.41) is 12.8. The van der Waals surface area contributed by atoms with Gasteiger partial charge in [-0.05, 0) is 31.0 Å². The van der Waals surface area contributed by atoms with Gasteiger partial charge in [0, 0.05) is 32.3 Å². The van der Waals surface area contributed by atoms with E-state index < -0.39 is 5.92 Å². The van der Waals surface area contributed by atoms with E-state index in [9.17, 15) is 10.1 Å². The Balaban J connectivity index is 1.41. The highest BCUT2D eigenvalue weighted by Gasteiger charge is 2.22. The molecule has 8 heteroatoms. The van der Waals surface area contributed by atoms with Crippen LogP contribution in [0.1, 0.15) is 36.8 Å². The van der Waals surface area contributed by atoms with E-state index in [0.717, 1.165) is 25.9 Å².